The summed E-state index contributed by atoms with van der Waals surface area (Å²) in [6.07, 6.45) is 3.58. The first-order chi connectivity index (χ1) is 9.31. The van der Waals surface area contributed by atoms with Gasteiger partial charge in [-0.2, -0.15) is 11.3 Å². The number of hydrogen-bond donors (Lipinski definition) is 2. The first-order valence-corrected chi connectivity index (χ1v) is 6.66. The van der Waals surface area contributed by atoms with Crippen LogP contribution in [-0.2, 0) is 0 Å². The molecule has 0 amide bonds. The molecule has 0 aliphatic rings. The average Bonchev–Trinajstić information content (AvgIpc) is 2.96. The molecule has 0 aliphatic heterocycles. The first kappa shape index (κ1) is 11.7. The lowest BCUT2D eigenvalue weighted by Crippen LogP contribution is -1.96. The Morgan fingerprint density at radius 1 is 0.947 bits per heavy atom. The normalized spacial score (nSPS) is 10.3. The van der Waals surface area contributed by atoms with Gasteiger partial charge in [0, 0.05) is 23.6 Å². The van der Waals surface area contributed by atoms with E-state index in [0.717, 1.165) is 16.8 Å². The highest BCUT2D eigenvalue weighted by molar-refractivity contribution is 7.08. The van der Waals surface area contributed by atoms with Gasteiger partial charge in [-0.25, -0.2) is 9.97 Å². The van der Waals surface area contributed by atoms with Crippen LogP contribution in [0.1, 0.15) is 0 Å². The molecule has 0 spiro atoms. The van der Waals surface area contributed by atoms with Gasteiger partial charge in [-0.05, 0) is 46.7 Å². The number of nitrogens with one attached hydrogen (secondary N) is 1. The summed E-state index contributed by atoms with van der Waals surface area (Å²) in [6, 6.07) is 8.80. The third-order valence-corrected chi connectivity index (χ3v) is 3.31. The molecule has 0 radical (unpaired) electrons. The summed E-state index contributed by atoms with van der Waals surface area (Å²) in [6.45, 7) is 0. The molecule has 3 rings (SSSR count). The van der Waals surface area contributed by atoms with Gasteiger partial charge in [-0.15, -0.1) is 0 Å². The smallest absolute Gasteiger partial charge is 0.227 e. The van der Waals surface area contributed by atoms with E-state index in [1.54, 1.807) is 48.0 Å². The van der Waals surface area contributed by atoms with Crippen LogP contribution in [0.5, 0.6) is 5.75 Å². The number of phenolic OH excluding ortho intramolecular Hbond substituents is 1. The Labute approximate surface area is 114 Å². The number of phenols is 1. The van der Waals surface area contributed by atoms with Gasteiger partial charge in [0.25, 0.3) is 0 Å². The molecule has 3 aromatic rings. The predicted molar refractivity (Wildman–Crippen MR) is 76.7 cm³/mol. The summed E-state index contributed by atoms with van der Waals surface area (Å²) in [5, 5.41) is 16.4. The predicted octanol–water partition coefficient (Wildman–Crippen LogP) is 3.65. The molecule has 5 heteroatoms. The third-order valence-electron chi connectivity index (χ3n) is 2.63. The Bertz CT molecular complexity index is 648. The molecular formula is C14H11N3OS. The quantitative estimate of drug-likeness (QED) is 0.712. The van der Waals surface area contributed by atoms with E-state index < -0.39 is 0 Å². The van der Waals surface area contributed by atoms with Crippen LogP contribution in [-0.4, -0.2) is 15.1 Å². The number of hydrogen-bond acceptors (Lipinski definition) is 5. The van der Waals surface area contributed by atoms with Crippen LogP contribution in [0, 0.1) is 0 Å². The van der Waals surface area contributed by atoms with Gasteiger partial charge in [-0.3, -0.25) is 0 Å². The lowest BCUT2D eigenvalue weighted by molar-refractivity contribution is 0.475. The highest BCUT2D eigenvalue weighted by Crippen LogP contribution is 2.22. The van der Waals surface area contributed by atoms with E-state index in [9.17, 15) is 5.11 Å². The van der Waals surface area contributed by atoms with Crippen molar-refractivity contribution in [1.29, 1.82) is 0 Å². The number of rotatable bonds is 3. The Morgan fingerprint density at radius 3 is 2.32 bits per heavy atom. The van der Waals surface area contributed by atoms with Crippen LogP contribution in [0.3, 0.4) is 0 Å². The zero-order chi connectivity index (χ0) is 13.1. The molecular weight excluding hydrogens is 258 g/mol. The van der Waals surface area contributed by atoms with Crippen molar-refractivity contribution in [2.24, 2.45) is 0 Å². The second-order valence-corrected chi connectivity index (χ2v) is 4.76. The maximum Gasteiger partial charge on any atom is 0.227 e. The molecule has 0 bridgehead atoms. The minimum Gasteiger partial charge on any atom is -0.508 e. The second-order valence-electron chi connectivity index (χ2n) is 3.98. The molecule has 4 nitrogen and oxygen atoms in total. The van der Waals surface area contributed by atoms with Crippen molar-refractivity contribution >= 4 is 23.0 Å². The van der Waals surface area contributed by atoms with E-state index in [0.29, 0.717) is 5.95 Å². The summed E-state index contributed by atoms with van der Waals surface area (Å²) in [5.41, 5.74) is 2.96. The van der Waals surface area contributed by atoms with E-state index in [2.05, 4.69) is 20.7 Å². The largest absolute Gasteiger partial charge is 0.508 e. The van der Waals surface area contributed by atoms with Crippen LogP contribution in [0.4, 0.5) is 11.6 Å². The molecule has 0 atom stereocenters. The van der Waals surface area contributed by atoms with E-state index in [1.165, 1.54) is 0 Å². The Hall–Kier alpha value is -2.40. The van der Waals surface area contributed by atoms with Gasteiger partial charge in [0.1, 0.15) is 5.75 Å². The number of anilines is 2. The third kappa shape index (κ3) is 2.71. The number of thiophene rings is 1. The van der Waals surface area contributed by atoms with Crippen molar-refractivity contribution in [2.45, 2.75) is 0 Å². The summed E-state index contributed by atoms with van der Waals surface area (Å²) in [4.78, 5) is 8.54. The fraction of sp³-hybridized carbons (Fsp3) is 0. The highest BCUT2D eigenvalue weighted by Gasteiger charge is 2.01. The summed E-state index contributed by atoms with van der Waals surface area (Å²) >= 11 is 1.65. The van der Waals surface area contributed by atoms with Gasteiger partial charge in [0.2, 0.25) is 5.95 Å². The average molecular weight is 269 g/mol. The van der Waals surface area contributed by atoms with Gasteiger partial charge in [0.05, 0.1) is 0 Å². The van der Waals surface area contributed by atoms with Crippen molar-refractivity contribution in [3.05, 3.63) is 53.5 Å². The SMILES string of the molecule is Oc1ccc(Nc2ncc(-c3ccsc3)cn2)cc1. The van der Waals surface area contributed by atoms with Crippen LogP contribution < -0.4 is 5.32 Å². The van der Waals surface area contributed by atoms with Crippen molar-refractivity contribution in [3.63, 3.8) is 0 Å². The van der Waals surface area contributed by atoms with Crippen LogP contribution in [0.2, 0.25) is 0 Å². The van der Waals surface area contributed by atoms with Crippen molar-refractivity contribution in [3.8, 4) is 16.9 Å². The zero-order valence-electron chi connectivity index (χ0n) is 9.95. The molecule has 0 saturated heterocycles. The molecule has 1 aromatic carbocycles. The maximum atomic E-state index is 9.21. The summed E-state index contributed by atoms with van der Waals surface area (Å²) in [7, 11) is 0. The Kier molecular flexibility index (Phi) is 3.12. The van der Waals surface area contributed by atoms with Crippen molar-refractivity contribution in [2.75, 3.05) is 5.32 Å². The molecule has 2 aromatic heterocycles. The Balaban J connectivity index is 1.77. The standard InChI is InChI=1S/C14H11N3OS/c18-13-3-1-12(2-4-13)17-14-15-7-11(8-16-14)10-5-6-19-9-10/h1-9,18H,(H,15,16,17). The molecule has 94 valence electrons. The number of nitrogens with zero attached hydrogens (tertiary/aromatic N) is 2. The summed E-state index contributed by atoms with van der Waals surface area (Å²) < 4.78 is 0. The summed E-state index contributed by atoms with van der Waals surface area (Å²) in [5.74, 6) is 0.768. The zero-order valence-corrected chi connectivity index (χ0v) is 10.8. The van der Waals surface area contributed by atoms with Crippen LogP contribution in [0.25, 0.3) is 11.1 Å². The van der Waals surface area contributed by atoms with E-state index in [-0.39, 0.29) is 5.75 Å². The van der Waals surface area contributed by atoms with Crippen LogP contribution in [0.15, 0.2) is 53.5 Å². The molecule has 2 heterocycles. The molecule has 0 saturated carbocycles. The van der Waals surface area contributed by atoms with E-state index >= 15 is 0 Å². The molecule has 2 N–H and O–H groups in total. The number of aromatic nitrogens is 2. The topological polar surface area (TPSA) is 58.0 Å². The number of benzene rings is 1. The lowest BCUT2D eigenvalue weighted by Gasteiger charge is -2.05. The van der Waals surface area contributed by atoms with Crippen LogP contribution >= 0.6 is 11.3 Å². The van der Waals surface area contributed by atoms with Gasteiger partial charge in [0.15, 0.2) is 0 Å². The fourth-order valence-electron chi connectivity index (χ4n) is 1.64. The lowest BCUT2D eigenvalue weighted by atomic mass is 10.2. The number of aromatic hydroxyl groups is 1. The molecule has 0 unspecified atom stereocenters. The van der Waals surface area contributed by atoms with Gasteiger partial charge >= 0.3 is 0 Å². The molecule has 0 fully saturated rings. The fourth-order valence-corrected chi connectivity index (χ4v) is 2.31. The highest BCUT2D eigenvalue weighted by atomic mass is 32.1. The first-order valence-electron chi connectivity index (χ1n) is 5.72. The van der Waals surface area contributed by atoms with E-state index in [1.807, 2.05) is 11.4 Å². The maximum absolute atomic E-state index is 9.21. The van der Waals surface area contributed by atoms with Gasteiger partial charge < -0.3 is 10.4 Å². The Morgan fingerprint density at radius 2 is 1.68 bits per heavy atom. The molecule has 19 heavy (non-hydrogen) atoms. The molecule has 0 aliphatic carbocycles. The van der Waals surface area contributed by atoms with Gasteiger partial charge in [-0.1, -0.05) is 0 Å². The minimum absolute atomic E-state index is 0.235. The van der Waals surface area contributed by atoms with Crippen molar-refractivity contribution in [1.82, 2.24) is 9.97 Å². The van der Waals surface area contributed by atoms with Crippen molar-refractivity contribution < 1.29 is 5.11 Å². The van der Waals surface area contributed by atoms with E-state index in [4.69, 9.17) is 0 Å². The second kappa shape index (κ2) is 5.07. The monoisotopic (exact) mass is 269 g/mol. The minimum atomic E-state index is 0.235.